The van der Waals surface area contributed by atoms with E-state index in [9.17, 15) is 0 Å². The van der Waals surface area contributed by atoms with Gasteiger partial charge in [-0.05, 0) is 58.4 Å². The van der Waals surface area contributed by atoms with Gasteiger partial charge in [-0.1, -0.05) is 0 Å². The predicted molar refractivity (Wildman–Crippen MR) is 119 cm³/mol. The van der Waals surface area contributed by atoms with E-state index < -0.39 is 0 Å². The lowest BCUT2D eigenvalue weighted by atomic mass is 9.96. The van der Waals surface area contributed by atoms with Crippen LogP contribution in [-0.2, 0) is 11.3 Å². The van der Waals surface area contributed by atoms with Gasteiger partial charge in [-0.2, -0.15) is 5.10 Å². The number of hydrogen-bond acceptors (Lipinski definition) is 3. The second kappa shape index (κ2) is 12.5. The lowest BCUT2D eigenvalue weighted by Crippen LogP contribution is -2.40. The summed E-state index contributed by atoms with van der Waals surface area (Å²) >= 11 is 0. The van der Waals surface area contributed by atoms with Crippen molar-refractivity contribution >= 4 is 29.9 Å². The number of rotatable bonds is 8. The maximum Gasteiger partial charge on any atom is 0.193 e. The van der Waals surface area contributed by atoms with E-state index in [-0.39, 0.29) is 24.0 Å². The Balaban J connectivity index is 0.00000338. The molecule has 2 heterocycles. The Kier molecular flexibility index (Phi) is 11.2. The van der Waals surface area contributed by atoms with Crippen molar-refractivity contribution in [2.45, 2.75) is 53.0 Å². The molecule has 0 unspecified atom stereocenters. The molecule has 0 amide bonds. The molecule has 0 radical (unpaired) electrons. The van der Waals surface area contributed by atoms with E-state index in [0.717, 1.165) is 63.4 Å². The predicted octanol–water partition coefficient (Wildman–Crippen LogP) is 3.22. The highest BCUT2D eigenvalue weighted by molar-refractivity contribution is 14.0. The van der Waals surface area contributed by atoms with E-state index in [4.69, 9.17) is 9.73 Å². The third kappa shape index (κ3) is 7.82. The van der Waals surface area contributed by atoms with Crippen molar-refractivity contribution in [1.82, 2.24) is 20.0 Å². The molecule has 1 fully saturated rings. The van der Waals surface area contributed by atoms with Crippen LogP contribution in [0, 0.1) is 19.8 Å². The monoisotopic (exact) mass is 477 g/mol. The first-order chi connectivity index (χ1) is 12.1. The van der Waals surface area contributed by atoms with Crippen molar-refractivity contribution in [1.29, 1.82) is 0 Å². The summed E-state index contributed by atoms with van der Waals surface area (Å²) in [6, 6.07) is 2.12. The number of ether oxygens (including phenoxy) is 1. The summed E-state index contributed by atoms with van der Waals surface area (Å²) in [5.41, 5.74) is 2.31. The quantitative estimate of drug-likeness (QED) is 0.271. The van der Waals surface area contributed by atoms with Gasteiger partial charge in [0.2, 0.25) is 0 Å². The molecule has 0 aromatic carbocycles. The fourth-order valence-corrected chi connectivity index (χ4v) is 3.29. The molecule has 1 saturated heterocycles. The fraction of sp³-hybridized carbons (Fsp3) is 0.789. The molecular weight excluding hydrogens is 441 g/mol. The summed E-state index contributed by atoms with van der Waals surface area (Å²) in [5, 5.41) is 7.92. The Labute approximate surface area is 175 Å². The Morgan fingerprint density at radius 2 is 2.12 bits per heavy atom. The fourth-order valence-electron chi connectivity index (χ4n) is 3.29. The minimum absolute atomic E-state index is 0. The van der Waals surface area contributed by atoms with Crippen LogP contribution in [0.15, 0.2) is 11.1 Å². The van der Waals surface area contributed by atoms with Crippen LogP contribution in [0.1, 0.15) is 44.0 Å². The third-order valence-corrected chi connectivity index (χ3v) is 4.80. The largest absolute Gasteiger partial charge is 0.381 e. The Morgan fingerprint density at radius 1 is 1.38 bits per heavy atom. The Bertz CT molecular complexity index is 540. The van der Waals surface area contributed by atoms with E-state index in [2.05, 4.69) is 47.0 Å². The maximum atomic E-state index is 5.45. The number of hydrogen-bond donors (Lipinski definition) is 1. The number of aromatic nitrogens is 2. The summed E-state index contributed by atoms with van der Waals surface area (Å²) < 4.78 is 7.52. The topological polar surface area (TPSA) is 54.7 Å². The minimum atomic E-state index is 0. The lowest BCUT2D eigenvalue weighted by Gasteiger charge is -2.26. The zero-order valence-electron chi connectivity index (χ0n) is 16.8. The number of guanidine groups is 1. The van der Waals surface area contributed by atoms with Gasteiger partial charge in [-0.3, -0.25) is 9.67 Å². The molecule has 1 aromatic heterocycles. The van der Waals surface area contributed by atoms with Crippen LogP contribution < -0.4 is 5.32 Å². The zero-order valence-corrected chi connectivity index (χ0v) is 19.2. The molecule has 2 rings (SSSR count). The summed E-state index contributed by atoms with van der Waals surface area (Å²) in [6.45, 7) is 11.8. The first-order valence-electron chi connectivity index (χ1n) is 9.68. The lowest BCUT2D eigenvalue weighted by molar-refractivity contribution is 0.0625. The number of aryl methyl sites for hydroxylation is 3. The van der Waals surface area contributed by atoms with Crippen molar-refractivity contribution in [3.05, 3.63) is 17.5 Å². The first kappa shape index (κ1) is 23.2. The van der Waals surface area contributed by atoms with Crippen LogP contribution in [0.2, 0.25) is 0 Å². The van der Waals surface area contributed by atoms with Crippen LogP contribution in [0.5, 0.6) is 0 Å². The molecule has 6 nitrogen and oxygen atoms in total. The van der Waals surface area contributed by atoms with Gasteiger partial charge in [0.05, 0.1) is 5.69 Å². The van der Waals surface area contributed by atoms with Crippen molar-refractivity contribution < 1.29 is 4.74 Å². The van der Waals surface area contributed by atoms with Gasteiger partial charge in [0.1, 0.15) is 0 Å². The molecule has 7 heteroatoms. The number of nitrogens with zero attached hydrogens (tertiary/aromatic N) is 4. The highest BCUT2D eigenvalue weighted by atomic mass is 127. The van der Waals surface area contributed by atoms with Crippen LogP contribution in [-0.4, -0.2) is 60.5 Å². The van der Waals surface area contributed by atoms with E-state index >= 15 is 0 Å². The average molecular weight is 477 g/mol. The van der Waals surface area contributed by atoms with E-state index in [1.165, 1.54) is 25.0 Å². The van der Waals surface area contributed by atoms with Gasteiger partial charge in [0, 0.05) is 52.1 Å². The Morgan fingerprint density at radius 3 is 2.73 bits per heavy atom. The van der Waals surface area contributed by atoms with Crippen molar-refractivity contribution in [2.24, 2.45) is 10.9 Å². The first-order valence-corrected chi connectivity index (χ1v) is 9.68. The van der Waals surface area contributed by atoms with E-state index in [0.29, 0.717) is 0 Å². The smallest absolute Gasteiger partial charge is 0.193 e. The summed E-state index contributed by atoms with van der Waals surface area (Å²) in [5.74, 6) is 1.81. The van der Waals surface area contributed by atoms with Gasteiger partial charge in [0.25, 0.3) is 0 Å². The number of nitrogens with one attached hydrogen (secondary N) is 1. The number of aliphatic imine (C=N–C) groups is 1. The summed E-state index contributed by atoms with van der Waals surface area (Å²) in [6.07, 6.45) is 4.62. The van der Waals surface area contributed by atoms with Crippen LogP contribution in [0.4, 0.5) is 0 Å². The Hall–Kier alpha value is -0.830. The molecule has 26 heavy (non-hydrogen) atoms. The minimum Gasteiger partial charge on any atom is -0.381 e. The molecule has 0 aliphatic carbocycles. The standard InChI is InChI=1S/C19H35N5O.HI/c1-5-20-19(23(4)12-7-18-8-13-25-14-9-18)21-10-6-11-24-17(3)15-16(2)22-24;/h15,18H,5-14H2,1-4H3,(H,20,21);1H. The van der Waals surface area contributed by atoms with Gasteiger partial charge >= 0.3 is 0 Å². The van der Waals surface area contributed by atoms with Gasteiger partial charge in [-0.25, -0.2) is 0 Å². The zero-order chi connectivity index (χ0) is 18.1. The van der Waals surface area contributed by atoms with Gasteiger partial charge in [-0.15, -0.1) is 24.0 Å². The SMILES string of the molecule is CCNC(=NCCCn1nc(C)cc1C)N(C)CCC1CCOCC1.I. The van der Waals surface area contributed by atoms with Crippen molar-refractivity contribution in [2.75, 3.05) is 39.9 Å². The van der Waals surface area contributed by atoms with Gasteiger partial charge < -0.3 is 15.0 Å². The van der Waals surface area contributed by atoms with Crippen LogP contribution >= 0.6 is 24.0 Å². The molecular formula is C19H36IN5O. The second-order valence-electron chi connectivity index (χ2n) is 7.01. The van der Waals surface area contributed by atoms with Crippen molar-refractivity contribution in [3.8, 4) is 0 Å². The van der Waals surface area contributed by atoms with E-state index in [1.807, 2.05) is 6.92 Å². The molecule has 1 N–H and O–H groups in total. The molecule has 150 valence electrons. The average Bonchev–Trinajstić information content (AvgIpc) is 2.93. The molecule has 1 aliphatic heterocycles. The summed E-state index contributed by atoms with van der Waals surface area (Å²) in [4.78, 5) is 7.06. The van der Waals surface area contributed by atoms with Gasteiger partial charge in [0.15, 0.2) is 5.96 Å². The highest BCUT2D eigenvalue weighted by Gasteiger charge is 2.15. The summed E-state index contributed by atoms with van der Waals surface area (Å²) in [7, 11) is 2.14. The molecule has 0 bridgehead atoms. The molecule has 0 saturated carbocycles. The second-order valence-corrected chi connectivity index (χ2v) is 7.01. The highest BCUT2D eigenvalue weighted by Crippen LogP contribution is 2.18. The van der Waals surface area contributed by atoms with Crippen molar-refractivity contribution in [3.63, 3.8) is 0 Å². The van der Waals surface area contributed by atoms with Crippen LogP contribution in [0.25, 0.3) is 0 Å². The molecule has 0 spiro atoms. The number of halogens is 1. The van der Waals surface area contributed by atoms with Crippen LogP contribution in [0.3, 0.4) is 0 Å². The van der Waals surface area contributed by atoms with E-state index in [1.54, 1.807) is 0 Å². The maximum absolute atomic E-state index is 5.45. The normalized spacial score (nSPS) is 15.6. The molecule has 1 aliphatic rings. The molecule has 0 atom stereocenters. The third-order valence-electron chi connectivity index (χ3n) is 4.80. The molecule has 1 aromatic rings.